The highest BCUT2D eigenvalue weighted by atomic mass is 79.9. The predicted octanol–water partition coefficient (Wildman–Crippen LogP) is 6.71. The highest BCUT2D eigenvalue weighted by Gasteiger charge is 2.34. The summed E-state index contributed by atoms with van der Waals surface area (Å²) in [5.41, 5.74) is 1.93. The van der Waals surface area contributed by atoms with Gasteiger partial charge < -0.3 is 10.2 Å². The van der Waals surface area contributed by atoms with Crippen LogP contribution in [0.2, 0.25) is 5.02 Å². The molecule has 7 nitrogen and oxygen atoms in total. The summed E-state index contributed by atoms with van der Waals surface area (Å²) in [7, 11) is -4.17. The van der Waals surface area contributed by atoms with Crippen LogP contribution in [0.15, 0.2) is 119 Å². The highest BCUT2D eigenvalue weighted by Crippen LogP contribution is 2.26. The van der Waals surface area contributed by atoms with Crippen LogP contribution >= 0.6 is 27.5 Å². The van der Waals surface area contributed by atoms with Crippen LogP contribution in [0.4, 0.5) is 5.69 Å². The lowest BCUT2D eigenvalue weighted by Gasteiger charge is -2.34. The molecule has 0 radical (unpaired) electrons. The van der Waals surface area contributed by atoms with Gasteiger partial charge in [-0.25, -0.2) is 8.42 Å². The van der Waals surface area contributed by atoms with Crippen LogP contribution in [0.5, 0.6) is 0 Å². The van der Waals surface area contributed by atoms with Crippen LogP contribution in [0.1, 0.15) is 25.0 Å². The largest absolute Gasteiger partial charge is 0.354 e. The maximum atomic E-state index is 14.4. The van der Waals surface area contributed by atoms with Gasteiger partial charge in [0.1, 0.15) is 12.6 Å². The molecule has 0 spiro atoms. The van der Waals surface area contributed by atoms with Gasteiger partial charge in [0.25, 0.3) is 10.0 Å². The first-order valence-corrected chi connectivity index (χ1v) is 16.8. The number of rotatable bonds is 13. The molecule has 0 bridgehead atoms. The third-order valence-electron chi connectivity index (χ3n) is 6.92. The zero-order valence-corrected chi connectivity index (χ0v) is 27.7. The molecule has 4 aromatic carbocycles. The molecule has 0 saturated heterocycles. The molecule has 0 saturated carbocycles. The van der Waals surface area contributed by atoms with Crippen LogP contribution in [0, 0.1) is 5.92 Å². The molecule has 1 N–H and O–H groups in total. The molecule has 0 aliphatic heterocycles. The van der Waals surface area contributed by atoms with E-state index in [1.54, 1.807) is 42.5 Å². The van der Waals surface area contributed by atoms with Gasteiger partial charge in [0.05, 0.1) is 10.6 Å². The Kier molecular flexibility index (Phi) is 11.6. The zero-order valence-electron chi connectivity index (χ0n) is 24.6. The number of anilines is 1. The molecule has 4 aromatic rings. The molecule has 2 amide bonds. The van der Waals surface area contributed by atoms with E-state index in [1.165, 1.54) is 17.0 Å². The van der Waals surface area contributed by atoms with Crippen molar-refractivity contribution in [3.8, 4) is 0 Å². The number of hydrogen-bond acceptors (Lipinski definition) is 4. The first-order chi connectivity index (χ1) is 21.0. The maximum absolute atomic E-state index is 14.4. The Morgan fingerprint density at radius 2 is 1.45 bits per heavy atom. The molecule has 230 valence electrons. The fraction of sp³-hybridized carbons (Fsp3) is 0.235. The Morgan fingerprint density at radius 1 is 0.841 bits per heavy atom. The molecule has 0 aliphatic carbocycles. The van der Waals surface area contributed by atoms with E-state index >= 15 is 0 Å². The number of nitrogens with one attached hydrogen (secondary N) is 1. The summed E-state index contributed by atoms with van der Waals surface area (Å²) in [6.07, 6.45) is 0.247. The van der Waals surface area contributed by atoms with Gasteiger partial charge in [-0.15, -0.1) is 0 Å². The maximum Gasteiger partial charge on any atom is 0.264 e. The quantitative estimate of drug-likeness (QED) is 0.168. The first-order valence-electron chi connectivity index (χ1n) is 14.2. The van der Waals surface area contributed by atoms with E-state index in [0.717, 1.165) is 19.9 Å². The van der Waals surface area contributed by atoms with Gasteiger partial charge in [0.15, 0.2) is 0 Å². The minimum atomic E-state index is -4.17. The Bertz CT molecular complexity index is 1650. The average molecular weight is 697 g/mol. The van der Waals surface area contributed by atoms with Gasteiger partial charge in [-0.2, -0.15) is 0 Å². The smallest absolute Gasteiger partial charge is 0.264 e. The van der Waals surface area contributed by atoms with Crippen molar-refractivity contribution in [2.24, 2.45) is 5.92 Å². The third kappa shape index (κ3) is 8.94. The van der Waals surface area contributed by atoms with Crippen molar-refractivity contribution in [2.75, 3.05) is 17.4 Å². The molecule has 44 heavy (non-hydrogen) atoms. The summed E-state index contributed by atoms with van der Waals surface area (Å²) in [5.74, 6) is -0.642. The molecular weight excluding hydrogens is 662 g/mol. The van der Waals surface area contributed by atoms with E-state index in [9.17, 15) is 18.0 Å². The van der Waals surface area contributed by atoms with Crippen molar-refractivity contribution >= 4 is 55.1 Å². The summed E-state index contributed by atoms with van der Waals surface area (Å²) >= 11 is 9.62. The molecule has 4 rings (SSSR count). The lowest BCUT2D eigenvalue weighted by molar-refractivity contribution is -0.140. The Labute approximate surface area is 273 Å². The molecule has 0 heterocycles. The van der Waals surface area contributed by atoms with Gasteiger partial charge in [0.2, 0.25) is 11.8 Å². The molecule has 0 aromatic heterocycles. The van der Waals surface area contributed by atoms with Crippen molar-refractivity contribution in [3.63, 3.8) is 0 Å². The second-order valence-corrected chi connectivity index (χ2v) is 14.0. The van der Waals surface area contributed by atoms with Crippen LogP contribution in [0.3, 0.4) is 0 Å². The van der Waals surface area contributed by atoms with Crippen molar-refractivity contribution in [3.05, 3.63) is 130 Å². The van der Waals surface area contributed by atoms with Gasteiger partial charge >= 0.3 is 0 Å². The van der Waals surface area contributed by atoms with Crippen molar-refractivity contribution in [1.82, 2.24) is 10.2 Å². The second kappa shape index (κ2) is 15.4. The zero-order chi connectivity index (χ0) is 31.7. The standard InChI is InChI=1S/C34H35BrClN3O4S/c1-25(2)22-37-34(41)32(21-26-10-5-3-6-11-26)38(23-27-12-9-13-28(35)20-27)33(40)24-39(30-18-16-29(36)17-19-30)44(42,43)31-14-7-4-8-15-31/h3-20,25,32H,21-24H2,1-2H3,(H,37,41)/t32-/m0/s1. The fourth-order valence-electron chi connectivity index (χ4n) is 4.66. The van der Waals surface area contributed by atoms with Crippen molar-refractivity contribution in [2.45, 2.75) is 37.8 Å². The van der Waals surface area contributed by atoms with E-state index in [0.29, 0.717) is 11.6 Å². The summed E-state index contributed by atoms with van der Waals surface area (Å²) in [6, 6.07) is 30.3. The molecule has 1 atom stereocenters. The van der Waals surface area contributed by atoms with Gasteiger partial charge in [-0.05, 0) is 65.6 Å². The summed E-state index contributed by atoms with van der Waals surface area (Å²) < 4.78 is 29.9. The number of carbonyl (C=O) groups excluding carboxylic acids is 2. The molecule has 10 heteroatoms. The number of halogens is 2. The van der Waals surface area contributed by atoms with Crippen LogP contribution in [-0.4, -0.2) is 44.3 Å². The van der Waals surface area contributed by atoms with Gasteiger partial charge in [-0.3, -0.25) is 13.9 Å². The van der Waals surface area contributed by atoms with Crippen LogP contribution in [-0.2, 0) is 32.6 Å². The minimum Gasteiger partial charge on any atom is -0.354 e. The van der Waals surface area contributed by atoms with E-state index in [1.807, 2.05) is 68.4 Å². The number of benzene rings is 4. The van der Waals surface area contributed by atoms with E-state index in [4.69, 9.17) is 11.6 Å². The van der Waals surface area contributed by atoms with Crippen molar-refractivity contribution < 1.29 is 18.0 Å². The third-order valence-corrected chi connectivity index (χ3v) is 9.46. The van der Waals surface area contributed by atoms with E-state index in [2.05, 4.69) is 21.2 Å². The number of hydrogen-bond donors (Lipinski definition) is 1. The van der Waals surface area contributed by atoms with Gasteiger partial charge in [-0.1, -0.05) is 102 Å². The SMILES string of the molecule is CC(C)CNC(=O)[C@H](Cc1ccccc1)N(Cc1cccc(Br)c1)C(=O)CN(c1ccc(Cl)cc1)S(=O)(=O)c1ccccc1. The van der Waals surface area contributed by atoms with E-state index in [-0.39, 0.29) is 35.4 Å². The monoisotopic (exact) mass is 695 g/mol. The average Bonchev–Trinajstić information content (AvgIpc) is 3.01. The summed E-state index contributed by atoms with van der Waals surface area (Å²) in [5, 5.41) is 3.42. The van der Waals surface area contributed by atoms with Crippen molar-refractivity contribution in [1.29, 1.82) is 0 Å². The fourth-order valence-corrected chi connectivity index (χ4v) is 6.67. The lowest BCUT2D eigenvalue weighted by atomic mass is 10.0. The highest BCUT2D eigenvalue weighted by molar-refractivity contribution is 9.10. The Balaban J connectivity index is 1.79. The van der Waals surface area contributed by atoms with Gasteiger partial charge in [0, 0.05) is 29.0 Å². The summed E-state index contributed by atoms with van der Waals surface area (Å²) in [6.45, 7) is 3.98. The Hall–Kier alpha value is -3.66. The topological polar surface area (TPSA) is 86.8 Å². The predicted molar refractivity (Wildman–Crippen MR) is 179 cm³/mol. The van der Waals surface area contributed by atoms with Crippen LogP contribution in [0.25, 0.3) is 0 Å². The minimum absolute atomic E-state index is 0.0387. The first kappa shape index (κ1) is 33.2. The molecule has 0 unspecified atom stereocenters. The lowest BCUT2D eigenvalue weighted by Crippen LogP contribution is -2.53. The Morgan fingerprint density at radius 3 is 2.07 bits per heavy atom. The number of sulfonamides is 1. The molecule has 0 aliphatic rings. The second-order valence-electron chi connectivity index (χ2n) is 10.8. The number of amides is 2. The number of carbonyl (C=O) groups is 2. The normalized spacial score (nSPS) is 12.0. The molecular formula is C34H35BrClN3O4S. The van der Waals surface area contributed by atoms with E-state index < -0.39 is 28.5 Å². The number of nitrogens with zero attached hydrogens (tertiary/aromatic N) is 2. The summed E-state index contributed by atoms with van der Waals surface area (Å²) in [4.78, 5) is 29.8. The van der Waals surface area contributed by atoms with Crippen LogP contribution < -0.4 is 9.62 Å². The molecule has 0 fully saturated rings.